The van der Waals surface area contributed by atoms with Gasteiger partial charge in [0, 0.05) is 18.4 Å². The Morgan fingerprint density at radius 2 is 2.56 bits per heavy atom. The van der Waals surface area contributed by atoms with Gasteiger partial charge in [0.05, 0.1) is 12.7 Å². The lowest BCUT2D eigenvalue weighted by Crippen LogP contribution is -2.05. The van der Waals surface area contributed by atoms with Gasteiger partial charge in [0.1, 0.15) is 0 Å². The maximum absolute atomic E-state index is 8.07. The van der Waals surface area contributed by atoms with Crippen LogP contribution in [0.3, 0.4) is 0 Å². The van der Waals surface area contributed by atoms with Gasteiger partial charge < -0.3 is 10.5 Å². The van der Waals surface area contributed by atoms with E-state index in [1.165, 1.54) is 6.08 Å². The first-order chi connectivity index (χ1) is 4.31. The highest BCUT2D eigenvalue weighted by atomic mass is 16.5. The van der Waals surface area contributed by atoms with E-state index in [1.54, 1.807) is 0 Å². The van der Waals surface area contributed by atoms with Crippen LogP contribution in [-0.2, 0) is 4.74 Å². The SMILES string of the molecule is CCOC/C(N)=C/C#N. The molecule has 0 aliphatic carbocycles. The van der Waals surface area contributed by atoms with Crippen molar-refractivity contribution in [3.8, 4) is 6.07 Å². The summed E-state index contributed by atoms with van der Waals surface area (Å²) in [4.78, 5) is 0. The van der Waals surface area contributed by atoms with Crippen LogP contribution in [0.5, 0.6) is 0 Å². The summed E-state index contributed by atoms with van der Waals surface area (Å²) in [6.07, 6.45) is 1.27. The van der Waals surface area contributed by atoms with Crippen molar-refractivity contribution in [3.05, 3.63) is 11.8 Å². The molecule has 3 nitrogen and oxygen atoms in total. The third-order valence-electron chi connectivity index (χ3n) is 0.723. The second kappa shape index (κ2) is 5.13. The summed E-state index contributed by atoms with van der Waals surface area (Å²) in [5.74, 6) is 0. The molecule has 0 aromatic heterocycles. The molecule has 0 amide bonds. The van der Waals surface area contributed by atoms with Crippen molar-refractivity contribution in [2.24, 2.45) is 5.73 Å². The molecule has 0 rings (SSSR count). The molecule has 9 heavy (non-hydrogen) atoms. The van der Waals surface area contributed by atoms with Crippen LogP contribution < -0.4 is 5.73 Å². The van der Waals surface area contributed by atoms with Crippen molar-refractivity contribution in [1.82, 2.24) is 0 Å². The molecule has 0 aromatic rings. The number of allylic oxidation sites excluding steroid dienone is 1. The molecule has 0 fully saturated rings. The molecule has 0 radical (unpaired) electrons. The molecule has 50 valence electrons. The minimum absolute atomic E-state index is 0.351. The maximum atomic E-state index is 8.07. The molecule has 0 saturated carbocycles. The highest BCUT2D eigenvalue weighted by Gasteiger charge is 1.85. The van der Waals surface area contributed by atoms with Crippen LogP contribution in [0.25, 0.3) is 0 Å². The Bertz CT molecular complexity index is 134. The van der Waals surface area contributed by atoms with E-state index in [2.05, 4.69) is 0 Å². The van der Waals surface area contributed by atoms with Crippen molar-refractivity contribution < 1.29 is 4.74 Å². The van der Waals surface area contributed by atoms with Crippen LogP contribution >= 0.6 is 0 Å². The highest BCUT2D eigenvalue weighted by molar-refractivity contribution is 5.10. The van der Waals surface area contributed by atoms with E-state index in [9.17, 15) is 0 Å². The lowest BCUT2D eigenvalue weighted by molar-refractivity contribution is 0.170. The van der Waals surface area contributed by atoms with Gasteiger partial charge in [0.2, 0.25) is 0 Å². The van der Waals surface area contributed by atoms with Crippen molar-refractivity contribution in [2.45, 2.75) is 6.92 Å². The van der Waals surface area contributed by atoms with E-state index >= 15 is 0 Å². The van der Waals surface area contributed by atoms with Crippen molar-refractivity contribution in [3.63, 3.8) is 0 Å². The topological polar surface area (TPSA) is 59.0 Å². The summed E-state index contributed by atoms with van der Waals surface area (Å²) in [6.45, 7) is 2.85. The molecule has 0 aliphatic rings. The fourth-order valence-electron chi connectivity index (χ4n) is 0.344. The molecule has 0 saturated heterocycles. The van der Waals surface area contributed by atoms with Crippen LogP contribution in [0.2, 0.25) is 0 Å². The molecule has 0 unspecified atom stereocenters. The van der Waals surface area contributed by atoms with Crippen molar-refractivity contribution in [1.29, 1.82) is 5.26 Å². The smallest absolute Gasteiger partial charge is 0.0931 e. The summed E-state index contributed by atoms with van der Waals surface area (Å²) in [5, 5.41) is 8.07. The zero-order valence-corrected chi connectivity index (χ0v) is 5.42. The lowest BCUT2D eigenvalue weighted by Gasteiger charge is -1.97. The number of nitrogens with zero attached hydrogens (tertiary/aromatic N) is 1. The molecule has 3 heteroatoms. The van der Waals surface area contributed by atoms with Gasteiger partial charge >= 0.3 is 0 Å². The van der Waals surface area contributed by atoms with Crippen LogP contribution in [0.4, 0.5) is 0 Å². The van der Waals surface area contributed by atoms with Crippen LogP contribution in [0.1, 0.15) is 6.92 Å². The quantitative estimate of drug-likeness (QED) is 0.556. The molecule has 2 N–H and O–H groups in total. The Morgan fingerprint density at radius 3 is 3.00 bits per heavy atom. The summed E-state index contributed by atoms with van der Waals surface area (Å²) in [7, 11) is 0. The minimum atomic E-state index is 0.351. The second-order valence-corrected chi connectivity index (χ2v) is 1.49. The Morgan fingerprint density at radius 1 is 1.89 bits per heavy atom. The number of nitrogens with two attached hydrogens (primary N) is 1. The van der Waals surface area contributed by atoms with Crippen LogP contribution in [0, 0.1) is 11.3 Å². The Balaban J connectivity index is 3.40. The molecule has 0 heterocycles. The summed E-state index contributed by atoms with van der Waals surface area (Å²) < 4.78 is 4.90. The van der Waals surface area contributed by atoms with E-state index in [-0.39, 0.29) is 0 Å². The third-order valence-corrected chi connectivity index (χ3v) is 0.723. The predicted octanol–water partition coefficient (Wildman–Crippen LogP) is 0.389. The van der Waals surface area contributed by atoms with Gasteiger partial charge in [-0.15, -0.1) is 0 Å². The van der Waals surface area contributed by atoms with Gasteiger partial charge in [-0.2, -0.15) is 5.26 Å². The van der Waals surface area contributed by atoms with Gasteiger partial charge in [0.15, 0.2) is 0 Å². The highest BCUT2D eigenvalue weighted by Crippen LogP contribution is 1.83. The van der Waals surface area contributed by atoms with E-state index in [4.69, 9.17) is 15.7 Å². The second-order valence-electron chi connectivity index (χ2n) is 1.49. The molecular formula is C6H10N2O. The largest absolute Gasteiger partial charge is 0.400 e. The monoisotopic (exact) mass is 126 g/mol. The Kier molecular flexibility index (Phi) is 4.56. The molecule has 0 spiro atoms. The normalized spacial score (nSPS) is 10.9. The van der Waals surface area contributed by atoms with E-state index in [0.717, 1.165) is 0 Å². The maximum Gasteiger partial charge on any atom is 0.0931 e. The fourth-order valence-corrected chi connectivity index (χ4v) is 0.344. The fraction of sp³-hybridized carbons (Fsp3) is 0.500. The van der Waals surface area contributed by atoms with E-state index in [1.807, 2.05) is 13.0 Å². The average Bonchev–Trinajstić information content (AvgIpc) is 1.85. The van der Waals surface area contributed by atoms with Gasteiger partial charge in [-0.25, -0.2) is 0 Å². The molecule has 0 atom stereocenters. The van der Waals surface area contributed by atoms with Gasteiger partial charge in [0.25, 0.3) is 0 Å². The summed E-state index contributed by atoms with van der Waals surface area (Å²) in [5.41, 5.74) is 5.76. The number of nitriles is 1. The number of rotatable bonds is 3. The van der Waals surface area contributed by atoms with Crippen molar-refractivity contribution in [2.75, 3.05) is 13.2 Å². The summed E-state index contributed by atoms with van der Waals surface area (Å²) in [6, 6.07) is 1.81. The molecular weight excluding hydrogens is 116 g/mol. The Hall–Kier alpha value is -1.01. The molecule has 0 aromatic carbocycles. The summed E-state index contributed by atoms with van der Waals surface area (Å²) >= 11 is 0. The Labute approximate surface area is 54.7 Å². The van der Waals surface area contributed by atoms with Crippen LogP contribution in [0.15, 0.2) is 11.8 Å². The number of ether oxygens (including phenoxy) is 1. The minimum Gasteiger partial charge on any atom is -0.400 e. The van der Waals surface area contributed by atoms with Crippen molar-refractivity contribution >= 4 is 0 Å². The average molecular weight is 126 g/mol. The number of hydrogen-bond acceptors (Lipinski definition) is 3. The third kappa shape index (κ3) is 4.85. The van der Waals surface area contributed by atoms with E-state index < -0.39 is 0 Å². The number of hydrogen-bond donors (Lipinski definition) is 1. The first kappa shape index (κ1) is 7.99. The van der Waals surface area contributed by atoms with Crippen LogP contribution in [-0.4, -0.2) is 13.2 Å². The lowest BCUT2D eigenvalue weighted by atomic mass is 10.4. The zero-order valence-electron chi connectivity index (χ0n) is 5.42. The van der Waals surface area contributed by atoms with Gasteiger partial charge in [-0.3, -0.25) is 0 Å². The standard InChI is InChI=1S/C6H10N2O/c1-2-9-5-6(8)3-4-7/h3H,2,5,8H2,1H3/b6-3-. The first-order valence-electron chi connectivity index (χ1n) is 2.73. The van der Waals surface area contributed by atoms with Gasteiger partial charge in [-0.05, 0) is 6.92 Å². The molecule has 0 bridgehead atoms. The first-order valence-corrected chi connectivity index (χ1v) is 2.73. The zero-order chi connectivity index (χ0) is 7.11. The molecule has 0 aliphatic heterocycles. The predicted molar refractivity (Wildman–Crippen MR) is 34.4 cm³/mol. The van der Waals surface area contributed by atoms with Gasteiger partial charge in [-0.1, -0.05) is 0 Å². The van der Waals surface area contributed by atoms with E-state index in [0.29, 0.717) is 18.9 Å².